The fraction of sp³-hybridized carbons (Fsp3) is 0.273. The maximum atomic E-state index is 13.8. The Morgan fingerprint density at radius 3 is 2.00 bits per heavy atom. The highest BCUT2D eigenvalue weighted by molar-refractivity contribution is 7.49. The molecule has 0 aromatic heterocycles. The van der Waals surface area contributed by atoms with E-state index in [0.717, 1.165) is 0 Å². The molecule has 1 N–H and O–H groups in total. The Morgan fingerprint density at radius 1 is 1.03 bits per heavy atom. The number of para-hydroxylation sites is 2. The summed E-state index contributed by atoms with van der Waals surface area (Å²) in [5.74, 6) is -2.27. The molecule has 9 nitrogen and oxygen atoms in total. The second kappa shape index (κ2) is 9.18. The molecule has 0 aliphatic carbocycles. The minimum absolute atomic E-state index is 0.0702. The predicted octanol–water partition coefficient (Wildman–Crippen LogP) is 3.67. The van der Waals surface area contributed by atoms with Gasteiger partial charge in [0.1, 0.15) is 17.3 Å². The third-order valence-electron chi connectivity index (χ3n) is 5.54. The molecule has 1 saturated heterocycles. The van der Waals surface area contributed by atoms with E-state index < -0.39 is 43.7 Å². The number of hydrogen-bond donors (Lipinski definition) is 1. The standard InChI is InChI=1S/C22H23NO8P2/c1-13-18-17(14(2)24)21(25)23(18)19(22(26)28-32)20(13)31-33(27,29-15-9-5-3-6-10-15)30-16-11-7-4-8-12-16/h3-14,17-18,24H,32H2,1-2H3. The zero-order valence-corrected chi connectivity index (χ0v) is 19.9. The van der Waals surface area contributed by atoms with E-state index in [1.54, 1.807) is 67.6 Å². The smallest absolute Gasteiger partial charge is 0.447 e. The Labute approximate surface area is 193 Å². The highest BCUT2D eigenvalue weighted by Gasteiger charge is 2.62. The van der Waals surface area contributed by atoms with Gasteiger partial charge in [-0.05, 0) is 31.2 Å². The number of phosphoric acid groups is 1. The van der Waals surface area contributed by atoms with Crippen LogP contribution >= 0.6 is 17.3 Å². The van der Waals surface area contributed by atoms with Crippen molar-refractivity contribution in [3.63, 3.8) is 0 Å². The largest absolute Gasteiger partial charge is 0.646 e. The molecule has 0 spiro atoms. The monoisotopic (exact) mass is 491 g/mol. The Kier molecular flexibility index (Phi) is 6.48. The van der Waals surface area contributed by atoms with Crippen LogP contribution in [0.25, 0.3) is 0 Å². The average Bonchev–Trinajstić information content (AvgIpc) is 3.02. The van der Waals surface area contributed by atoms with Crippen molar-refractivity contribution >= 4 is 29.2 Å². The zero-order chi connectivity index (χ0) is 23.8. The molecule has 0 saturated carbocycles. The maximum absolute atomic E-state index is 13.8. The lowest BCUT2D eigenvalue weighted by Gasteiger charge is -2.46. The van der Waals surface area contributed by atoms with Gasteiger partial charge in [0.15, 0.2) is 5.70 Å². The van der Waals surface area contributed by atoms with Gasteiger partial charge in [-0.15, -0.1) is 0 Å². The van der Waals surface area contributed by atoms with Gasteiger partial charge in [-0.3, -0.25) is 9.69 Å². The van der Waals surface area contributed by atoms with Crippen molar-refractivity contribution in [1.82, 2.24) is 4.90 Å². The molecule has 2 heterocycles. The van der Waals surface area contributed by atoms with Gasteiger partial charge in [-0.1, -0.05) is 43.3 Å². The number of amides is 1. The summed E-state index contributed by atoms with van der Waals surface area (Å²) in [4.78, 5) is 26.5. The van der Waals surface area contributed by atoms with Crippen LogP contribution in [-0.2, 0) is 23.2 Å². The summed E-state index contributed by atoms with van der Waals surface area (Å²) in [6, 6.07) is 16.0. The van der Waals surface area contributed by atoms with E-state index in [4.69, 9.17) is 18.1 Å². The molecule has 2 aromatic carbocycles. The molecule has 1 fully saturated rings. The summed E-state index contributed by atoms with van der Waals surface area (Å²) in [7, 11) is -2.58. The van der Waals surface area contributed by atoms with Gasteiger partial charge in [0.2, 0.25) is 5.91 Å². The van der Waals surface area contributed by atoms with E-state index in [1.165, 1.54) is 11.8 Å². The lowest BCUT2D eigenvalue weighted by Crippen LogP contribution is -2.63. The number of carbonyl (C=O) groups is 2. The van der Waals surface area contributed by atoms with E-state index in [9.17, 15) is 19.3 Å². The number of fused-ring (bicyclic) bond motifs is 1. The number of aliphatic hydroxyl groups excluding tert-OH is 1. The van der Waals surface area contributed by atoms with E-state index in [-0.39, 0.29) is 23.0 Å². The Balaban J connectivity index is 1.73. The van der Waals surface area contributed by atoms with Crippen LogP contribution < -0.4 is 9.05 Å². The van der Waals surface area contributed by atoms with Crippen LogP contribution in [0.15, 0.2) is 72.1 Å². The molecule has 2 aromatic rings. The topological polar surface area (TPSA) is 112 Å². The normalized spacial score (nSPS) is 22.8. The van der Waals surface area contributed by atoms with Gasteiger partial charge in [-0.25, -0.2) is 4.79 Å². The van der Waals surface area contributed by atoms with Gasteiger partial charge >= 0.3 is 13.8 Å². The van der Waals surface area contributed by atoms with Gasteiger partial charge in [0, 0.05) is 5.92 Å². The van der Waals surface area contributed by atoms with Crippen molar-refractivity contribution < 1.29 is 37.4 Å². The summed E-state index contributed by atoms with van der Waals surface area (Å²) < 4.78 is 35.7. The highest BCUT2D eigenvalue weighted by atomic mass is 31.2. The van der Waals surface area contributed by atoms with Crippen molar-refractivity contribution in [3.8, 4) is 11.5 Å². The lowest BCUT2D eigenvalue weighted by atomic mass is 9.79. The number of benzene rings is 2. The van der Waals surface area contributed by atoms with Crippen LogP contribution in [0.3, 0.4) is 0 Å². The van der Waals surface area contributed by atoms with Crippen LogP contribution in [0.2, 0.25) is 0 Å². The quantitative estimate of drug-likeness (QED) is 0.440. The summed E-state index contributed by atoms with van der Waals surface area (Å²) in [5, 5.41) is 10.1. The van der Waals surface area contributed by atoms with Crippen molar-refractivity contribution in [2.24, 2.45) is 11.8 Å². The van der Waals surface area contributed by atoms with Crippen LogP contribution in [0.5, 0.6) is 11.5 Å². The van der Waals surface area contributed by atoms with Crippen molar-refractivity contribution in [1.29, 1.82) is 0 Å². The zero-order valence-electron chi connectivity index (χ0n) is 17.9. The predicted molar refractivity (Wildman–Crippen MR) is 121 cm³/mol. The first-order chi connectivity index (χ1) is 15.8. The van der Waals surface area contributed by atoms with Crippen LogP contribution in [0, 0.1) is 11.8 Å². The second-order valence-electron chi connectivity index (χ2n) is 7.72. The first-order valence-electron chi connectivity index (χ1n) is 10.2. The maximum Gasteiger partial charge on any atom is 0.646 e. The van der Waals surface area contributed by atoms with Crippen LogP contribution in [0.4, 0.5) is 0 Å². The van der Waals surface area contributed by atoms with Crippen molar-refractivity contribution in [2.45, 2.75) is 26.0 Å². The number of rotatable bonds is 8. The van der Waals surface area contributed by atoms with Crippen molar-refractivity contribution in [3.05, 3.63) is 72.1 Å². The summed E-state index contributed by atoms with van der Waals surface area (Å²) >= 11 is 0. The molecular formula is C22H23NO8P2. The SMILES string of the molecule is CC(O)C1C(=O)N2C(C(=O)OP)=C(OP(=O)(Oc3ccccc3)Oc3ccccc3)C(C)C12. The fourth-order valence-electron chi connectivity index (χ4n) is 4.09. The van der Waals surface area contributed by atoms with E-state index in [2.05, 4.69) is 0 Å². The van der Waals surface area contributed by atoms with Crippen molar-refractivity contribution in [2.75, 3.05) is 0 Å². The molecule has 2 aliphatic rings. The van der Waals surface area contributed by atoms with Gasteiger partial charge in [0.25, 0.3) is 0 Å². The summed E-state index contributed by atoms with van der Waals surface area (Å²) in [6.07, 6.45) is -0.943. The molecule has 0 radical (unpaired) electrons. The lowest BCUT2D eigenvalue weighted by molar-refractivity contribution is -0.162. The van der Waals surface area contributed by atoms with Crippen LogP contribution in [0.1, 0.15) is 13.8 Å². The Bertz CT molecular complexity index is 1080. The minimum atomic E-state index is -4.40. The van der Waals surface area contributed by atoms with Crippen LogP contribution in [-0.4, -0.2) is 34.0 Å². The molecule has 5 atom stereocenters. The number of nitrogens with zero attached hydrogens (tertiary/aromatic N) is 1. The number of β-lactam (4-membered cyclic amide) rings is 1. The molecule has 5 unspecified atom stereocenters. The Morgan fingerprint density at radius 2 is 1.55 bits per heavy atom. The average molecular weight is 491 g/mol. The van der Waals surface area contributed by atoms with Gasteiger partial charge < -0.3 is 23.2 Å². The third kappa shape index (κ3) is 4.36. The summed E-state index contributed by atoms with van der Waals surface area (Å²) in [6.45, 7) is 3.20. The third-order valence-corrected chi connectivity index (χ3v) is 7.04. The number of phosphoric ester groups is 1. The molecule has 0 bridgehead atoms. The first kappa shape index (κ1) is 23.3. The van der Waals surface area contributed by atoms with Gasteiger partial charge in [-0.2, -0.15) is 4.57 Å². The molecule has 1 amide bonds. The van der Waals surface area contributed by atoms with E-state index >= 15 is 0 Å². The first-order valence-corrected chi connectivity index (χ1v) is 12.1. The second-order valence-corrected chi connectivity index (χ2v) is 9.40. The molecular weight excluding hydrogens is 468 g/mol. The van der Waals surface area contributed by atoms with E-state index in [0.29, 0.717) is 0 Å². The molecule has 2 aliphatic heterocycles. The molecule has 174 valence electrons. The minimum Gasteiger partial charge on any atom is -0.447 e. The Hall–Kier alpha value is -2.86. The highest BCUT2D eigenvalue weighted by Crippen LogP contribution is 2.57. The van der Waals surface area contributed by atoms with E-state index in [1.807, 2.05) is 9.47 Å². The summed E-state index contributed by atoms with van der Waals surface area (Å²) in [5.41, 5.74) is -0.196. The molecule has 4 rings (SSSR count). The number of hydrogen-bond acceptors (Lipinski definition) is 8. The molecule has 33 heavy (non-hydrogen) atoms. The number of aliphatic hydroxyl groups is 1. The molecule has 11 heteroatoms. The fourth-order valence-corrected chi connectivity index (χ4v) is 5.56. The number of carbonyl (C=O) groups excluding carboxylic acids is 2. The van der Waals surface area contributed by atoms with Gasteiger partial charge in [0.05, 0.1) is 27.5 Å².